The highest BCUT2D eigenvalue weighted by molar-refractivity contribution is 7.99. The summed E-state index contributed by atoms with van der Waals surface area (Å²) in [6, 6.07) is 15.4. The molecular formula is C29H32N4O4S. The second kappa shape index (κ2) is 10.9. The van der Waals surface area contributed by atoms with E-state index in [1.807, 2.05) is 18.2 Å². The van der Waals surface area contributed by atoms with E-state index in [0.29, 0.717) is 44.5 Å². The van der Waals surface area contributed by atoms with E-state index in [2.05, 4.69) is 45.3 Å². The number of morpholine rings is 1. The molecule has 1 N–H and O–H groups in total. The lowest BCUT2D eigenvalue weighted by Crippen LogP contribution is -2.47. The first-order valence-corrected chi connectivity index (χ1v) is 14.0. The van der Waals surface area contributed by atoms with Gasteiger partial charge in [-0.05, 0) is 42.8 Å². The number of hydrogen-bond donors (Lipinski definition) is 1. The first kappa shape index (κ1) is 25.2. The highest BCUT2D eigenvalue weighted by atomic mass is 32.2. The Hall–Kier alpha value is -3.11. The van der Waals surface area contributed by atoms with Crippen molar-refractivity contribution < 1.29 is 13.9 Å². The predicted octanol–water partition coefficient (Wildman–Crippen LogP) is 3.38. The van der Waals surface area contributed by atoms with Crippen molar-refractivity contribution >= 4 is 29.2 Å². The standard InChI is InChI=1S/C29H32N4O4S/c1-31-7-9-32(10-8-31)19-27(35)30-22-5-6-26-21(16-22)15-20-3-2-4-24(29(20)38-26)25-17-23(34)18-28(37-25)33-11-13-36-14-12-33/h2-6,16-18H,7-15,19H2,1H3,(H,30,35). The Morgan fingerprint density at radius 2 is 1.79 bits per heavy atom. The number of carbonyl (C=O) groups is 1. The number of hydrogen-bond acceptors (Lipinski definition) is 8. The smallest absolute Gasteiger partial charge is 0.238 e. The van der Waals surface area contributed by atoms with Crippen molar-refractivity contribution in [2.24, 2.45) is 0 Å². The van der Waals surface area contributed by atoms with E-state index in [1.165, 1.54) is 11.1 Å². The number of carbonyl (C=O) groups excluding carboxylic acids is 1. The van der Waals surface area contributed by atoms with Crippen LogP contribution in [0.5, 0.6) is 0 Å². The molecule has 3 aliphatic rings. The van der Waals surface area contributed by atoms with Crippen LogP contribution in [0.4, 0.5) is 11.6 Å². The fourth-order valence-electron chi connectivity index (χ4n) is 5.19. The van der Waals surface area contributed by atoms with Crippen LogP contribution >= 0.6 is 11.8 Å². The number of piperazine rings is 1. The van der Waals surface area contributed by atoms with Gasteiger partial charge in [-0.3, -0.25) is 14.5 Å². The minimum Gasteiger partial charge on any atom is -0.440 e. The van der Waals surface area contributed by atoms with Crippen molar-refractivity contribution in [3.63, 3.8) is 0 Å². The highest BCUT2D eigenvalue weighted by Gasteiger charge is 2.23. The Balaban J connectivity index is 1.20. The number of fused-ring (bicyclic) bond motifs is 2. The van der Waals surface area contributed by atoms with Crippen molar-refractivity contribution in [1.29, 1.82) is 0 Å². The topological polar surface area (TPSA) is 78.3 Å². The number of amides is 1. The molecule has 0 radical (unpaired) electrons. The molecule has 0 saturated carbocycles. The molecule has 3 aliphatic heterocycles. The molecule has 0 unspecified atom stereocenters. The Kier molecular flexibility index (Phi) is 7.25. The van der Waals surface area contributed by atoms with E-state index >= 15 is 0 Å². The van der Waals surface area contributed by atoms with Crippen molar-refractivity contribution in [2.45, 2.75) is 16.2 Å². The van der Waals surface area contributed by atoms with Gasteiger partial charge in [0.15, 0.2) is 11.3 Å². The van der Waals surface area contributed by atoms with Gasteiger partial charge in [0.05, 0.1) is 19.8 Å². The van der Waals surface area contributed by atoms with E-state index in [-0.39, 0.29) is 11.3 Å². The van der Waals surface area contributed by atoms with Crippen LogP contribution in [0.15, 0.2) is 67.5 Å². The minimum absolute atomic E-state index is 0.0239. The number of likely N-dealkylation sites (N-methyl/N-ethyl adjacent to an activating group) is 1. The van der Waals surface area contributed by atoms with Gasteiger partial charge in [-0.15, -0.1) is 0 Å². The van der Waals surface area contributed by atoms with Gasteiger partial charge in [-0.25, -0.2) is 0 Å². The number of nitrogens with zero attached hydrogens (tertiary/aromatic N) is 3. The van der Waals surface area contributed by atoms with Gasteiger partial charge >= 0.3 is 0 Å². The second-order valence-electron chi connectivity index (χ2n) is 10.1. The maximum absolute atomic E-state index is 12.7. The predicted molar refractivity (Wildman–Crippen MR) is 149 cm³/mol. The van der Waals surface area contributed by atoms with Crippen LogP contribution in [-0.2, 0) is 16.0 Å². The molecule has 38 heavy (non-hydrogen) atoms. The van der Waals surface area contributed by atoms with Crippen molar-refractivity contribution in [3.05, 3.63) is 69.9 Å². The number of anilines is 2. The minimum atomic E-state index is -0.0662. The second-order valence-corrected chi connectivity index (χ2v) is 11.2. The van der Waals surface area contributed by atoms with E-state index in [4.69, 9.17) is 9.15 Å². The lowest BCUT2D eigenvalue weighted by Gasteiger charge is -2.31. The summed E-state index contributed by atoms with van der Waals surface area (Å²) < 4.78 is 11.7. The van der Waals surface area contributed by atoms with Crippen LogP contribution in [0.1, 0.15) is 11.1 Å². The summed E-state index contributed by atoms with van der Waals surface area (Å²) in [5, 5.41) is 3.09. The van der Waals surface area contributed by atoms with Gasteiger partial charge in [-0.1, -0.05) is 30.0 Å². The molecule has 1 amide bonds. The van der Waals surface area contributed by atoms with Crippen LogP contribution in [0.2, 0.25) is 0 Å². The Morgan fingerprint density at radius 1 is 0.974 bits per heavy atom. The normalized spacial score (nSPS) is 18.1. The molecule has 2 saturated heterocycles. The largest absolute Gasteiger partial charge is 0.440 e. The zero-order valence-electron chi connectivity index (χ0n) is 21.6. The third-order valence-electron chi connectivity index (χ3n) is 7.34. The molecule has 0 spiro atoms. The number of nitrogens with one attached hydrogen (secondary N) is 1. The van der Waals surface area contributed by atoms with Crippen LogP contribution in [-0.4, -0.2) is 81.8 Å². The van der Waals surface area contributed by atoms with Gasteiger partial charge in [0.2, 0.25) is 5.91 Å². The molecule has 0 atom stereocenters. The molecule has 8 nitrogen and oxygen atoms in total. The SMILES string of the molecule is CN1CCN(CC(=O)Nc2ccc3c(c2)Cc2cccc(-c4cc(=O)cc(N5CCOCC5)o4)c2S3)CC1. The van der Waals surface area contributed by atoms with Gasteiger partial charge in [0.1, 0.15) is 5.76 Å². The molecule has 0 aliphatic carbocycles. The maximum atomic E-state index is 12.7. The van der Waals surface area contributed by atoms with Crippen LogP contribution in [0, 0.1) is 0 Å². The number of ether oxygens (including phenoxy) is 1. The number of benzene rings is 2. The average molecular weight is 533 g/mol. The van der Waals surface area contributed by atoms with E-state index in [0.717, 1.165) is 53.6 Å². The summed E-state index contributed by atoms with van der Waals surface area (Å²) in [6.45, 7) is 6.89. The Morgan fingerprint density at radius 3 is 2.61 bits per heavy atom. The number of rotatable bonds is 5. The van der Waals surface area contributed by atoms with Crippen molar-refractivity contribution in [2.75, 3.05) is 76.3 Å². The third kappa shape index (κ3) is 5.51. The van der Waals surface area contributed by atoms with Gasteiger partial charge in [0.25, 0.3) is 0 Å². The molecule has 198 valence electrons. The van der Waals surface area contributed by atoms with Gasteiger partial charge < -0.3 is 24.3 Å². The Bertz CT molecular complexity index is 1390. The summed E-state index contributed by atoms with van der Waals surface area (Å²) in [4.78, 5) is 34.1. The third-order valence-corrected chi connectivity index (χ3v) is 8.64. The molecule has 6 rings (SSSR count). The molecule has 9 heteroatoms. The Labute approximate surface area is 226 Å². The summed E-state index contributed by atoms with van der Waals surface area (Å²) in [5.74, 6) is 1.20. The quantitative estimate of drug-likeness (QED) is 0.419. The molecule has 3 aromatic rings. The molecule has 4 heterocycles. The molecular weight excluding hydrogens is 500 g/mol. The summed E-state index contributed by atoms with van der Waals surface area (Å²) in [7, 11) is 2.11. The van der Waals surface area contributed by atoms with E-state index in [1.54, 1.807) is 23.9 Å². The van der Waals surface area contributed by atoms with Crippen molar-refractivity contribution in [1.82, 2.24) is 9.80 Å². The molecule has 0 bridgehead atoms. The summed E-state index contributed by atoms with van der Waals surface area (Å²) in [5.41, 5.74) is 4.05. The maximum Gasteiger partial charge on any atom is 0.238 e. The van der Waals surface area contributed by atoms with E-state index < -0.39 is 0 Å². The van der Waals surface area contributed by atoms with Crippen LogP contribution < -0.4 is 15.6 Å². The van der Waals surface area contributed by atoms with Crippen molar-refractivity contribution in [3.8, 4) is 11.3 Å². The molecule has 1 aromatic heterocycles. The lowest BCUT2D eigenvalue weighted by molar-refractivity contribution is -0.117. The van der Waals surface area contributed by atoms with Gasteiger partial charge in [-0.2, -0.15) is 0 Å². The summed E-state index contributed by atoms with van der Waals surface area (Å²) in [6.07, 6.45) is 0.751. The van der Waals surface area contributed by atoms with Crippen LogP contribution in [0.3, 0.4) is 0 Å². The lowest BCUT2D eigenvalue weighted by atomic mass is 10.00. The average Bonchev–Trinajstić information content (AvgIpc) is 2.93. The fraction of sp³-hybridized carbons (Fsp3) is 0.379. The first-order chi connectivity index (χ1) is 18.5. The van der Waals surface area contributed by atoms with E-state index in [9.17, 15) is 9.59 Å². The monoisotopic (exact) mass is 532 g/mol. The van der Waals surface area contributed by atoms with Gasteiger partial charge in [0, 0.05) is 72.4 Å². The first-order valence-electron chi connectivity index (χ1n) is 13.1. The zero-order valence-corrected chi connectivity index (χ0v) is 22.4. The summed E-state index contributed by atoms with van der Waals surface area (Å²) >= 11 is 1.69. The fourth-order valence-corrected chi connectivity index (χ4v) is 6.36. The molecule has 2 fully saturated rings. The highest BCUT2D eigenvalue weighted by Crippen LogP contribution is 2.45. The molecule has 2 aromatic carbocycles. The zero-order chi connectivity index (χ0) is 26.1. The van der Waals surface area contributed by atoms with Crippen LogP contribution in [0.25, 0.3) is 11.3 Å².